The number of aryl methyl sites for hydroxylation is 2. The van der Waals surface area contributed by atoms with E-state index in [-0.39, 0.29) is 33.1 Å². The van der Waals surface area contributed by atoms with Crippen LogP contribution in [0, 0.1) is 13.8 Å². The number of hydrogen-bond acceptors (Lipinski definition) is 5. The molecule has 0 atom stereocenters. The minimum absolute atomic E-state index is 0.0684. The Morgan fingerprint density at radius 1 is 0.935 bits per heavy atom. The molecule has 1 aromatic heterocycles. The molecule has 3 aromatic carbocycles. The molecule has 7 heteroatoms. The van der Waals surface area contributed by atoms with Crippen LogP contribution in [-0.4, -0.2) is 5.97 Å². The Balaban J connectivity index is 1.62. The van der Waals surface area contributed by atoms with Gasteiger partial charge in [0.1, 0.15) is 23.3 Å². The van der Waals surface area contributed by atoms with Crippen LogP contribution in [-0.2, 0) is 0 Å². The molecule has 0 radical (unpaired) electrons. The van der Waals surface area contributed by atoms with Crippen LogP contribution in [0.2, 0.25) is 10.0 Å². The smallest absolute Gasteiger partial charge is 0.345 e. The summed E-state index contributed by atoms with van der Waals surface area (Å²) in [6.07, 6.45) is 1.24. The van der Waals surface area contributed by atoms with Crippen molar-refractivity contribution in [1.29, 1.82) is 0 Å². The van der Waals surface area contributed by atoms with Crippen LogP contribution in [0.15, 0.2) is 70.1 Å². The second-order valence-electron chi connectivity index (χ2n) is 6.97. The Morgan fingerprint density at radius 3 is 2.52 bits per heavy atom. The Bertz CT molecular complexity index is 1370. The first-order chi connectivity index (χ1) is 14.8. The summed E-state index contributed by atoms with van der Waals surface area (Å²) in [5.74, 6) is 0.198. The third-order valence-electron chi connectivity index (χ3n) is 4.64. The molecule has 0 fully saturated rings. The van der Waals surface area contributed by atoms with Crippen molar-refractivity contribution in [3.63, 3.8) is 0 Å². The molecule has 1 heterocycles. The molecule has 0 aliphatic carbocycles. The minimum Gasteiger partial charge on any atom is -0.460 e. The van der Waals surface area contributed by atoms with Gasteiger partial charge in [-0.05, 0) is 61.4 Å². The molecule has 0 N–H and O–H groups in total. The summed E-state index contributed by atoms with van der Waals surface area (Å²) >= 11 is 11.9. The van der Waals surface area contributed by atoms with Gasteiger partial charge in [0.05, 0.1) is 16.0 Å². The number of carbonyl (C=O) groups is 1. The summed E-state index contributed by atoms with van der Waals surface area (Å²) in [5.41, 5.74) is 2.00. The second kappa shape index (κ2) is 8.46. The summed E-state index contributed by atoms with van der Waals surface area (Å²) in [6, 6.07) is 14.7. The van der Waals surface area contributed by atoms with Gasteiger partial charge in [-0.25, -0.2) is 4.79 Å². The van der Waals surface area contributed by atoms with Crippen LogP contribution in [0.25, 0.3) is 11.0 Å². The van der Waals surface area contributed by atoms with Gasteiger partial charge in [0.15, 0.2) is 0 Å². The molecule has 31 heavy (non-hydrogen) atoms. The fourth-order valence-electron chi connectivity index (χ4n) is 2.98. The molecule has 0 spiro atoms. The van der Waals surface area contributed by atoms with Crippen LogP contribution in [0.5, 0.6) is 17.2 Å². The average molecular weight is 455 g/mol. The molecular weight excluding hydrogens is 439 g/mol. The molecule has 4 rings (SSSR count). The summed E-state index contributed by atoms with van der Waals surface area (Å²) in [7, 11) is 0. The van der Waals surface area contributed by atoms with E-state index in [0.717, 1.165) is 11.1 Å². The Hall–Kier alpha value is -3.28. The molecule has 4 aromatic rings. The lowest BCUT2D eigenvalue weighted by Gasteiger charge is -2.10. The third kappa shape index (κ3) is 4.43. The lowest BCUT2D eigenvalue weighted by Crippen LogP contribution is -2.10. The zero-order valence-corrected chi connectivity index (χ0v) is 18.1. The van der Waals surface area contributed by atoms with Crippen molar-refractivity contribution in [3.05, 3.63) is 97.8 Å². The quantitative estimate of drug-likeness (QED) is 0.252. The van der Waals surface area contributed by atoms with E-state index in [1.807, 2.05) is 32.0 Å². The summed E-state index contributed by atoms with van der Waals surface area (Å²) in [4.78, 5) is 25.2. The first-order valence-electron chi connectivity index (χ1n) is 9.30. The van der Waals surface area contributed by atoms with E-state index in [1.54, 1.807) is 6.07 Å². The van der Waals surface area contributed by atoms with Gasteiger partial charge in [-0.15, -0.1) is 0 Å². The van der Waals surface area contributed by atoms with Crippen LogP contribution in [0.1, 0.15) is 21.5 Å². The first-order valence-corrected chi connectivity index (χ1v) is 10.1. The predicted molar refractivity (Wildman–Crippen MR) is 120 cm³/mol. The van der Waals surface area contributed by atoms with Gasteiger partial charge < -0.3 is 13.9 Å². The minimum atomic E-state index is -0.654. The second-order valence-corrected chi connectivity index (χ2v) is 7.82. The third-order valence-corrected chi connectivity index (χ3v) is 5.19. The molecule has 0 saturated heterocycles. The van der Waals surface area contributed by atoms with E-state index >= 15 is 0 Å². The number of rotatable bonds is 4. The van der Waals surface area contributed by atoms with E-state index in [0.29, 0.717) is 16.2 Å². The van der Waals surface area contributed by atoms with Gasteiger partial charge in [-0.3, -0.25) is 4.79 Å². The monoisotopic (exact) mass is 454 g/mol. The van der Waals surface area contributed by atoms with Crippen LogP contribution < -0.4 is 14.9 Å². The standard InChI is InChI=1S/C24H16Cl2O5/c1-13-3-4-14(2)20(9-13)31-22-12-29-21-11-16(6-8-18(21)23(22)27)30-24(28)17-7-5-15(25)10-19(17)26/h3-12H,1-2H3. The van der Waals surface area contributed by atoms with Gasteiger partial charge in [-0.1, -0.05) is 35.3 Å². The number of esters is 1. The molecule has 0 unspecified atom stereocenters. The van der Waals surface area contributed by atoms with Crippen LogP contribution >= 0.6 is 23.2 Å². The van der Waals surface area contributed by atoms with Crippen LogP contribution in [0.4, 0.5) is 0 Å². The van der Waals surface area contributed by atoms with E-state index in [1.165, 1.54) is 36.6 Å². The fraction of sp³-hybridized carbons (Fsp3) is 0.0833. The highest BCUT2D eigenvalue weighted by Crippen LogP contribution is 2.28. The van der Waals surface area contributed by atoms with Crippen molar-refractivity contribution >= 4 is 40.1 Å². The average Bonchev–Trinajstić information content (AvgIpc) is 2.72. The number of hydrogen-bond donors (Lipinski definition) is 0. The molecule has 0 saturated carbocycles. The maximum atomic E-state index is 12.8. The maximum absolute atomic E-state index is 12.8. The van der Waals surface area contributed by atoms with Gasteiger partial charge in [0, 0.05) is 11.1 Å². The van der Waals surface area contributed by atoms with Gasteiger partial charge in [0.25, 0.3) is 0 Å². The van der Waals surface area contributed by atoms with Crippen molar-refractivity contribution in [3.8, 4) is 17.2 Å². The normalized spacial score (nSPS) is 10.8. The fourth-order valence-corrected chi connectivity index (χ4v) is 3.46. The van der Waals surface area contributed by atoms with E-state index in [4.69, 9.17) is 37.1 Å². The molecule has 5 nitrogen and oxygen atoms in total. The van der Waals surface area contributed by atoms with Gasteiger partial charge in [-0.2, -0.15) is 0 Å². The Morgan fingerprint density at radius 2 is 1.74 bits per heavy atom. The lowest BCUT2D eigenvalue weighted by atomic mass is 10.1. The number of carbonyl (C=O) groups excluding carboxylic acids is 1. The molecular formula is C24H16Cl2O5. The van der Waals surface area contributed by atoms with E-state index < -0.39 is 5.97 Å². The van der Waals surface area contributed by atoms with Crippen molar-refractivity contribution in [2.24, 2.45) is 0 Å². The van der Waals surface area contributed by atoms with E-state index in [2.05, 4.69) is 0 Å². The zero-order chi connectivity index (χ0) is 22.1. The van der Waals surface area contributed by atoms with Crippen LogP contribution in [0.3, 0.4) is 0 Å². The SMILES string of the molecule is Cc1ccc(C)c(Oc2coc3cc(OC(=O)c4ccc(Cl)cc4Cl)ccc3c2=O)c1. The van der Waals surface area contributed by atoms with Gasteiger partial charge >= 0.3 is 5.97 Å². The lowest BCUT2D eigenvalue weighted by molar-refractivity contribution is 0.0735. The van der Waals surface area contributed by atoms with E-state index in [9.17, 15) is 9.59 Å². The molecule has 0 aliphatic heterocycles. The van der Waals surface area contributed by atoms with Crippen molar-refractivity contribution in [2.45, 2.75) is 13.8 Å². The first kappa shape index (κ1) is 21.0. The Kier molecular flexibility index (Phi) is 5.72. The van der Waals surface area contributed by atoms with Crippen molar-refractivity contribution in [2.75, 3.05) is 0 Å². The highest BCUT2D eigenvalue weighted by Gasteiger charge is 2.16. The molecule has 0 bridgehead atoms. The largest absolute Gasteiger partial charge is 0.460 e. The predicted octanol–water partition coefficient (Wildman–Crippen LogP) is 6.73. The highest BCUT2D eigenvalue weighted by atomic mass is 35.5. The van der Waals surface area contributed by atoms with Crippen molar-refractivity contribution < 1.29 is 18.7 Å². The topological polar surface area (TPSA) is 65.7 Å². The summed E-state index contributed by atoms with van der Waals surface area (Å²) < 4.78 is 16.7. The Labute approximate surface area is 187 Å². The molecule has 156 valence electrons. The number of halogens is 2. The number of benzene rings is 3. The maximum Gasteiger partial charge on any atom is 0.345 e. The highest BCUT2D eigenvalue weighted by molar-refractivity contribution is 6.36. The van der Waals surface area contributed by atoms with Crippen molar-refractivity contribution in [1.82, 2.24) is 0 Å². The van der Waals surface area contributed by atoms with Gasteiger partial charge in [0.2, 0.25) is 11.2 Å². The summed E-state index contributed by atoms with van der Waals surface area (Å²) in [6.45, 7) is 3.83. The number of ether oxygens (including phenoxy) is 2. The molecule has 0 amide bonds. The zero-order valence-electron chi connectivity index (χ0n) is 16.6. The molecule has 0 aliphatic rings. The number of fused-ring (bicyclic) bond motifs is 1. The summed E-state index contributed by atoms with van der Waals surface area (Å²) in [5, 5.41) is 0.887.